The van der Waals surface area contributed by atoms with Crippen LogP contribution in [0.25, 0.3) is 44.6 Å². The summed E-state index contributed by atoms with van der Waals surface area (Å²) in [6.45, 7) is 6.35. The lowest BCUT2D eigenvalue weighted by Crippen LogP contribution is -2.04. The highest BCUT2D eigenvalue weighted by atomic mass is 16.5. The third-order valence-corrected chi connectivity index (χ3v) is 9.04. The zero-order valence-corrected chi connectivity index (χ0v) is 27.3. The van der Waals surface area contributed by atoms with Gasteiger partial charge >= 0.3 is 0 Å². The van der Waals surface area contributed by atoms with Gasteiger partial charge in [-0.3, -0.25) is 0 Å². The number of phenolic OH excluding ortho intramolecular Hbond substituents is 6. The average Bonchev–Trinajstić information content (AvgIpc) is 3.59. The second-order valence-electron chi connectivity index (χ2n) is 12.8. The van der Waals surface area contributed by atoms with Crippen LogP contribution in [0, 0.1) is 0 Å². The van der Waals surface area contributed by atoms with Crippen LogP contribution >= 0.6 is 0 Å². The van der Waals surface area contributed by atoms with Gasteiger partial charge in [-0.2, -0.15) is 0 Å². The van der Waals surface area contributed by atoms with Gasteiger partial charge in [-0.1, -0.05) is 23.3 Å². The number of hydrogen-bond acceptors (Lipinski definition) is 9. The van der Waals surface area contributed by atoms with Gasteiger partial charge in [-0.25, -0.2) is 0 Å². The molecule has 49 heavy (non-hydrogen) atoms. The van der Waals surface area contributed by atoms with E-state index in [0.717, 1.165) is 29.4 Å². The van der Waals surface area contributed by atoms with Gasteiger partial charge in [-0.15, -0.1) is 0 Å². The lowest BCUT2D eigenvalue weighted by Gasteiger charge is -2.19. The van der Waals surface area contributed by atoms with E-state index in [1.807, 2.05) is 13.0 Å². The Kier molecular flexibility index (Phi) is 7.90. The van der Waals surface area contributed by atoms with Crippen molar-refractivity contribution in [3.8, 4) is 62.9 Å². The first-order valence-corrected chi connectivity index (χ1v) is 16.0. The van der Waals surface area contributed by atoms with Crippen LogP contribution in [0.1, 0.15) is 55.9 Å². The molecule has 4 aromatic carbocycles. The van der Waals surface area contributed by atoms with Crippen LogP contribution in [0.3, 0.4) is 0 Å². The van der Waals surface area contributed by atoms with Crippen molar-refractivity contribution in [1.82, 2.24) is 0 Å². The second-order valence-corrected chi connectivity index (χ2v) is 12.8. The highest BCUT2D eigenvalue weighted by Gasteiger charge is 2.29. The summed E-state index contributed by atoms with van der Waals surface area (Å²) in [5.41, 5.74) is 6.26. The molecule has 0 amide bonds. The molecule has 9 nitrogen and oxygen atoms in total. The number of hydrogen-bond donors (Lipinski definition) is 6. The Morgan fingerprint density at radius 2 is 1.49 bits per heavy atom. The molecule has 0 saturated carbocycles. The van der Waals surface area contributed by atoms with E-state index in [0.29, 0.717) is 50.3 Å². The van der Waals surface area contributed by atoms with Crippen LogP contribution < -0.4 is 4.74 Å². The second kappa shape index (κ2) is 12.2. The summed E-state index contributed by atoms with van der Waals surface area (Å²) in [6, 6.07) is 13.8. The molecule has 0 bridgehead atoms. The van der Waals surface area contributed by atoms with Crippen LogP contribution in [0.5, 0.6) is 40.2 Å². The third kappa shape index (κ3) is 5.77. The minimum absolute atomic E-state index is 0.0515. The fourth-order valence-electron chi connectivity index (χ4n) is 6.48. The van der Waals surface area contributed by atoms with E-state index in [1.54, 1.807) is 24.3 Å². The summed E-state index contributed by atoms with van der Waals surface area (Å²) in [6.07, 6.45) is 6.23. The topological polar surface area (TPSA) is 157 Å². The quantitative estimate of drug-likeness (QED) is 0.0691. The zero-order valence-electron chi connectivity index (χ0n) is 27.3. The van der Waals surface area contributed by atoms with Crippen molar-refractivity contribution in [3.63, 3.8) is 0 Å². The molecule has 9 heteroatoms. The highest BCUT2D eigenvalue weighted by molar-refractivity contribution is 5.95. The number of furan rings is 2. The molecule has 0 saturated heterocycles. The summed E-state index contributed by atoms with van der Waals surface area (Å²) in [5.74, 6) is 0.260. The van der Waals surface area contributed by atoms with E-state index in [4.69, 9.17) is 13.6 Å². The smallest absolute Gasteiger partial charge is 0.164 e. The first-order valence-electron chi connectivity index (χ1n) is 16.0. The van der Waals surface area contributed by atoms with Crippen molar-refractivity contribution in [2.75, 3.05) is 0 Å². The van der Waals surface area contributed by atoms with Gasteiger partial charge in [0.05, 0.1) is 11.1 Å². The molecular formula is C40H36O9. The Morgan fingerprint density at radius 3 is 2.27 bits per heavy atom. The maximum atomic E-state index is 11.3. The molecule has 2 aromatic heterocycles. The Balaban J connectivity index is 1.37. The summed E-state index contributed by atoms with van der Waals surface area (Å²) < 4.78 is 18.6. The van der Waals surface area contributed by atoms with Crippen molar-refractivity contribution in [3.05, 3.63) is 100 Å². The monoisotopic (exact) mass is 660 g/mol. The van der Waals surface area contributed by atoms with Gasteiger partial charge in [0.1, 0.15) is 58.0 Å². The first-order chi connectivity index (χ1) is 23.5. The van der Waals surface area contributed by atoms with E-state index in [9.17, 15) is 30.6 Å². The van der Waals surface area contributed by atoms with Crippen molar-refractivity contribution < 1.29 is 44.2 Å². The molecule has 6 aromatic rings. The molecular weight excluding hydrogens is 624 g/mol. The minimum Gasteiger partial charge on any atom is -0.508 e. The average molecular weight is 661 g/mol. The van der Waals surface area contributed by atoms with Gasteiger partial charge in [0.25, 0.3) is 0 Å². The normalized spacial score (nSPS) is 12.6. The number of phenols is 6. The van der Waals surface area contributed by atoms with Gasteiger partial charge in [0.15, 0.2) is 11.5 Å². The molecule has 0 atom stereocenters. The molecule has 0 spiro atoms. The predicted octanol–water partition coefficient (Wildman–Crippen LogP) is 9.46. The summed E-state index contributed by atoms with van der Waals surface area (Å²) in [7, 11) is 0. The molecule has 250 valence electrons. The number of benzene rings is 4. The van der Waals surface area contributed by atoms with E-state index < -0.39 is 0 Å². The fraction of sp³-hybridized carbons (Fsp3) is 0.200. The van der Waals surface area contributed by atoms with Crippen LogP contribution in [0.4, 0.5) is 0 Å². The first kappa shape index (κ1) is 31.6. The van der Waals surface area contributed by atoms with Crippen molar-refractivity contribution >= 4 is 21.9 Å². The number of rotatable bonds is 8. The van der Waals surface area contributed by atoms with Crippen LogP contribution in [0.2, 0.25) is 0 Å². The van der Waals surface area contributed by atoms with Gasteiger partial charge in [-0.05, 0) is 82.0 Å². The number of fused-ring (bicyclic) bond motifs is 6. The van der Waals surface area contributed by atoms with Crippen LogP contribution in [-0.4, -0.2) is 30.6 Å². The lowest BCUT2D eigenvalue weighted by molar-refractivity contribution is 0.298. The minimum atomic E-state index is -0.333. The Bertz CT molecular complexity index is 2330. The number of allylic oxidation sites excluding steroid dienone is 4. The largest absolute Gasteiger partial charge is 0.508 e. The summed E-state index contributed by atoms with van der Waals surface area (Å²) in [4.78, 5) is 0. The molecule has 3 heterocycles. The molecule has 0 aliphatic carbocycles. The SMILES string of the molecule is CC(C)=CCC/C(C)=C/Cc1c(O)c(O)cc2c(Cc3cc4c(cc3O)OCc3c-4oc4cc(O)ccc34)c(-c3ccc(O)cc3O)oc12. The van der Waals surface area contributed by atoms with E-state index in [2.05, 4.69) is 19.9 Å². The van der Waals surface area contributed by atoms with E-state index in [1.165, 1.54) is 35.9 Å². The number of ether oxygens (including phenoxy) is 1. The zero-order chi connectivity index (χ0) is 34.6. The molecule has 0 unspecified atom stereocenters. The molecule has 0 fully saturated rings. The van der Waals surface area contributed by atoms with Gasteiger partial charge in [0, 0.05) is 52.1 Å². The number of aromatic hydroxyl groups is 6. The molecule has 7 rings (SSSR count). The molecule has 0 radical (unpaired) electrons. The van der Waals surface area contributed by atoms with E-state index >= 15 is 0 Å². The van der Waals surface area contributed by atoms with Crippen LogP contribution in [-0.2, 0) is 19.4 Å². The van der Waals surface area contributed by atoms with Crippen molar-refractivity contribution in [1.29, 1.82) is 0 Å². The summed E-state index contributed by atoms with van der Waals surface area (Å²) >= 11 is 0. The predicted molar refractivity (Wildman–Crippen MR) is 187 cm³/mol. The molecule has 6 N–H and O–H groups in total. The maximum Gasteiger partial charge on any atom is 0.164 e. The molecule has 1 aliphatic heterocycles. The van der Waals surface area contributed by atoms with E-state index in [-0.39, 0.29) is 65.3 Å². The van der Waals surface area contributed by atoms with Crippen molar-refractivity contribution in [2.24, 2.45) is 0 Å². The fourth-order valence-corrected chi connectivity index (χ4v) is 6.48. The Morgan fingerprint density at radius 1 is 0.714 bits per heavy atom. The molecule has 1 aliphatic rings. The maximum absolute atomic E-state index is 11.3. The Hall–Kier alpha value is -5.96. The lowest BCUT2D eigenvalue weighted by atomic mass is 9.93. The highest BCUT2D eigenvalue weighted by Crippen LogP contribution is 2.49. The Labute approximate surface area is 281 Å². The standard InChI is InChI=1S/C40H36O9/c1-20(2)5-4-6-21(3)7-10-27-37(46)34(45)17-29-28(38(49-39(27)29)26-12-9-23(41)15-33(26)44)13-22-14-30-35(18-32(22)43)47-19-31-25-11-8-24(42)16-36(25)48-40(30)31/h5,7-9,11-12,14-18,41-46H,4,6,10,13,19H2,1-3H3/b21-7+. The third-order valence-electron chi connectivity index (χ3n) is 9.04. The van der Waals surface area contributed by atoms with Gasteiger partial charge in [0.2, 0.25) is 0 Å². The van der Waals surface area contributed by atoms with Crippen molar-refractivity contribution in [2.45, 2.75) is 53.1 Å². The summed E-state index contributed by atoms with van der Waals surface area (Å²) in [5, 5.41) is 65.5. The van der Waals surface area contributed by atoms with Gasteiger partial charge < -0.3 is 44.2 Å². The van der Waals surface area contributed by atoms with Crippen LogP contribution in [0.15, 0.2) is 86.7 Å².